The van der Waals surface area contributed by atoms with Crippen molar-refractivity contribution < 1.29 is 19.3 Å². The van der Waals surface area contributed by atoms with E-state index in [4.69, 9.17) is 15.7 Å². The number of hydrogen-bond donors (Lipinski definition) is 4. The van der Waals surface area contributed by atoms with E-state index >= 15 is 0 Å². The van der Waals surface area contributed by atoms with Crippen LogP contribution in [-0.4, -0.2) is 54.3 Å². The number of aromatic nitrogens is 4. The first-order valence-corrected chi connectivity index (χ1v) is 8.93. The van der Waals surface area contributed by atoms with E-state index < -0.39 is 42.5 Å². The number of fused-ring (bicyclic) bond motifs is 1. The molecule has 4 atom stereocenters. The maximum Gasteiger partial charge on any atom is 0.333 e. The molecule has 0 aliphatic carbocycles. The molecule has 4 rings (SSSR count). The Kier molecular flexibility index (Phi) is 4.86. The average Bonchev–Trinajstić information content (AvgIpc) is 3.15. The number of halogens is 1. The topological polar surface area (TPSA) is 172 Å². The highest BCUT2D eigenvalue weighted by atomic mass is 19.1. The van der Waals surface area contributed by atoms with Crippen molar-refractivity contribution in [3.8, 4) is 6.07 Å². The molecule has 0 unspecified atom stereocenters. The van der Waals surface area contributed by atoms with Crippen molar-refractivity contribution in [3.05, 3.63) is 56.2 Å². The summed E-state index contributed by atoms with van der Waals surface area (Å²) in [6.45, 7) is -0.808. The van der Waals surface area contributed by atoms with E-state index in [0.29, 0.717) is 11.1 Å². The van der Waals surface area contributed by atoms with Crippen molar-refractivity contribution in [2.75, 3.05) is 12.3 Å². The number of rotatable bonds is 4. The zero-order valence-corrected chi connectivity index (χ0v) is 15.4. The van der Waals surface area contributed by atoms with Crippen LogP contribution in [-0.2, 0) is 11.3 Å². The Morgan fingerprint density at radius 3 is 2.83 bits per heavy atom. The van der Waals surface area contributed by atoms with Crippen LogP contribution in [0.5, 0.6) is 0 Å². The summed E-state index contributed by atoms with van der Waals surface area (Å²) < 4.78 is 21.5. The number of ether oxygens (including phenoxy) is 1. The highest BCUT2D eigenvalue weighted by Gasteiger charge is 2.46. The number of hydrogen-bond acceptors (Lipinski definition) is 8. The van der Waals surface area contributed by atoms with Gasteiger partial charge in [-0.3, -0.25) is 14.3 Å². The number of alkyl halides is 1. The molecule has 3 aromatic rings. The number of nitriles is 1. The van der Waals surface area contributed by atoms with Crippen molar-refractivity contribution >= 4 is 17.1 Å². The monoisotopic (exact) mass is 416 g/mol. The maximum absolute atomic E-state index is 14.2. The first-order chi connectivity index (χ1) is 14.3. The normalized spacial score (nSPS) is 23.7. The van der Waals surface area contributed by atoms with Gasteiger partial charge in [0.2, 0.25) is 5.95 Å². The Balaban J connectivity index is 1.92. The molecule has 12 heteroatoms. The minimum Gasteiger partial charge on any atom is -0.394 e. The van der Waals surface area contributed by atoms with Crippen LogP contribution in [0.3, 0.4) is 0 Å². The van der Waals surface area contributed by atoms with E-state index in [1.807, 2.05) is 6.07 Å². The minimum atomic E-state index is -1.95. The van der Waals surface area contributed by atoms with Gasteiger partial charge in [-0.05, 0) is 17.7 Å². The van der Waals surface area contributed by atoms with Crippen molar-refractivity contribution in [3.63, 3.8) is 0 Å². The Bertz CT molecular complexity index is 1270. The number of imidazole rings is 1. The molecule has 2 aromatic heterocycles. The summed E-state index contributed by atoms with van der Waals surface area (Å²) in [4.78, 5) is 32.0. The molecule has 1 fully saturated rings. The van der Waals surface area contributed by atoms with Crippen LogP contribution in [0.2, 0.25) is 0 Å². The lowest BCUT2D eigenvalue weighted by Crippen LogP contribution is -2.34. The van der Waals surface area contributed by atoms with Crippen LogP contribution in [0.15, 0.2) is 33.9 Å². The van der Waals surface area contributed by atoms with Gasteiger partial charge in [0.25, 0.3) is 5.56 Å². The zero-order chi connectivity index (χ0) is 21.6. The van der Waals surface area contributed by atoms with Crippen LogP contribution in [0.1, 0.15) is 17.4 Å². The number of nitrogens with two attached hydrogens (primary N) is 1. The van der Waals surface area contributed by atoms with Gasteiger partial charge in [0.1, 0.15) is 12.2 Å². The molecule has 30 heavy (non-hydrogen) atoms. The predicted octanol–water partition coefficient (Wildman–Crippen LogP) is -1.02. The summed E-state index contributed by atoms with van der Waals surface area (Å²) in [7, 11) is 0. The smallest absolute Gasteiger partial charge is 0.333 e. The van der Waals surface area contributed by atoms with Gasteiger partial charge in [0.05, 0.1) is 24.8 Å². The van der Waals surface area contributed by atoms with Crippen molar-refractivity contribution in [1.82, 2.24) is 19.1 Å². The largest absolute Gasteiger partial charge is 0.394 e. The van der Waals surface area contributed by atoms with Crippen LogP contribution in [0.25, 0.3) is 11.2 Å². The summed E-state index contributed by atoms with van der Waals surface area (Å²) in [6.07, 6.45) is -6.59. The third-order valence-electron chi connectivity index (χ3n) is 4.95. The van der Waals surface area contributed by atoms with E-state index in [-0.39, 0.29) is 23.7 Å². The number of nitrogen functional groups attached to an aromatic ring is 1. The summed E-state index contributed by atoms with van der Waals surface area (Å²) in [6, 6.07) is 8.41. The lowest BCUT2D eigenvalue weighted by atomic mass is 10.1. The minimum absolute atomic E-state index is 0.0994. The van der Waals surface area contributed by atoms with E-state index in [2.05, 4.69) is 9.97 Å². The fraction of sp³-hybridized carbons (Fsp3) is 0.333. The highest BCUT2D eigenvalue weighted by Crippen LogP contribution is 2.32. The Morgan fingerprint density at radius 2 is 2.17 bits per heavy atom. The average molecular weight is 416 g/mol. The highest BCUT2D eigenvalue weighted by molar-refractivity contribution is 5.72. The third kappa shape index (κ3) is 3.05. The lowest BCUT2D eigenvalue weighted by Gasteiger charge is -2.15. The standard InChI is InChI=1S/C18H17FN6O5/c19-11-10(7-26)30-16(13(11)27)25-14-12(15(28)23-17(21)22-14)24(18(25)29)6-9-3-1-2-8(4-9)5-20/h1-4,10-11,13,16,26-27H,6-7H2,(H3,21,22,23,28)/t10-,11+,13+,16+/m0/s1. The number of aromatic amines is 1. The molecule has 0 radical (unpaired) electrons. The van der Waals surface area contributed by atoms with E-state index in [1.54, 1.807) is 24.3 Å². The first kappa shape index (κ1) is 19.8. The van der Waals surface area contributed by atoms with E-state index in [0.717, 1.165) is 9.13 Å². The molecule has 1 saturated heterocycles. The van der Waals surface area contributed by atoms with Gasteiger partial charge in [0, 0.05) is 0 Å². The summed E-state index contributed by atoms with van der Waals surface area (Å²) >= 11 is 0. The van der Waals surface area contributed by atoms with Crippen LogP contribution >= 0.6 is 0 Å². The lowest BCUT2D eigenvalue weighted by molar-refractivity contribution is -0.0513. The number of benzene rings is 1. The predicted molar refractivity (Wildman–Crippen MR) is 101 cm³/mol. The molecule has 5 N–H and O–H groups in total. The summed E-state index contributed by atoms with van der Waals surface area (Å²) in [5.74, 6) is -0.284. The van der Waals surface area contributed by atoms with Crippen LogP contribution in [0.4, 0.5) is 10.3 Å². The van der Waals surface area contributed by atoms with Gasteiger partial charge in [-0.25, -0.2) is 13.8 Å². The molecule has 0 saturated carbocycles. The molecule has 0 spiro atoms. The van der Waals surface area contributed by atoms with Crippen molar-refractivity contribution in [2.45, 2.75) is 31.2 Å². The van der Waals surface area contributed by atoms with E-state index in [1.165, 1.54) is 0 Å². The van der Waals surface area contributed by atoms with Gasteiger partial charge in [-0.1, -0.05) is 12.1 Å². The number of H-pyrrole nitrogens is 1. The molecule has 156 valence electrons. The van der Waals surface area contributed by atoms with Gasteiger partial charge >= 0.3 is 5.69 Å². The van der Waals surface area contributed by atoms with E-state index in [9.17, 15) is 24.2 Å². The maximum atomic E-state index is 14.2. The molecule has 0 amide bonds. The molecular formula is C18H17FN6O5. The Labute approximate surface area is 167 Å². The molecule has 1 aliphatic heterocycles. The van der Waals surface area contributed by atoms with Gasteiger partial charge in [0.15, 0.2) is 23.6 Å². The second-order valence-corrected chi connectivity index (χ2v) is 6.86. The van der Waals surface area contributed by atoms with Crippen LogP contribution in [0, 0.1) is 11.3 Å². The fourth-order valence-electron chi connectivity index (χ4n) is 3.57. The molecular weight excluding hydrogens is 399 g/mol. The summed E-state index contributed by atoms with van der Waals surface area (Å²) in [5.41, 5.74) is 4.65. The van der Waals surface area contributed by atoms with Crippen LogP contribution < -0.4 is 17.0 Å². The molecule has 11 nitrogen and oxygen atoms in total. The molecule has 1 aliphatic rings. The number of nitrogens with one attached hydrogen (secondary N) is 1. The first-order valence-electron chi connectivity index (χ1n) is 8.93. The van der Waals surface area contributed by atoms with Gasteiger partial charge in [-0.2, -0.15) is 10.2 Å². The third-order valence-corrected chi connectivity index (χ3v) is 4.95. The molecule has 0 bridgehead atoms. The summed E-state index contributed by atoms with van der Waals surface area (Å²) in [5, 5.41) is 28.6. The van der Waals surface area contributed by atoms with Crippen molar-refractivity contribution in [1.29, 1.82) is 5.26 Å². The SMILES string of the molecule is N#Cc1cccc(Cn2c(=O)n([C@@H]3O[C@@H](CO)[C@@H](F)[C@H]3O)c3nc(N)[nH]c(=O)c32)c1. The number of aliphatic hydroxyl groups excluding tert-OH is 2. The zero-order valence-electron chi connectivity index (χ0n) is 15.4. The van der Waals surface area contributed by atoms with Gasteiger partial charge in [-0.15, -0.1) is 0 Å². The Hall–Kier alpha value is -3.53. The van der Waals surface area contributed by atoms with Gasteiger partial charge < -0.3 is 20.7 Å². The number of anilines is 1. The number of nitrogens with zero attached hydrogens (tertiary/aromatic N) is 4. The Morgan fingerprint density at radius 1 is 1.40 bits per heavy atom. The fourth-order valence-corrected chi connectivity index (χ4v) is 3.57. The van der Waals surface area contributed by atoms with Crippen molar-refractivity contribution in [2.24, 2.45) is 0 Å². The molecule has 1 aromatic carbocycles. The number of aliphatic hydroxyl groups is 2. The second-order valence-electron chi connectivity index (χ2n) is 6.86. The quantitative estimate of drug-likeness (QED) is 0.418. The second kappa shape index (κ2) is 7.38. The molecule has 3 heterocycles.